The van der Waals surface area contributed by atoms with Crippen LogP contribution < -0.4 is 5.32 Å². The number of hydrogen-bond acceptors (Lipinski definition) is 3. The highest BCUT2D eigenvalue weighted by atomic mass is 16.2. The quantitative estimate of drug-likeness (QED) is 0.883. The van der Waals surface area contributed by atoms with E-state index in [0.717, 1.165) is 18.7 Å². The molecule has 1 N–H and O–H groups in total. The molecule has 5 heteroatoms. The summed E-state index contributed by atoms with van der Waals surface area (Å²) in [6.07, 6.45) is 1.54. The van der Waals surface area contributed by atoms with E-state index in [2.05, 4.69) is 10.3 Å². The molecule has 0 radical (unpaired) electrons. The molecule has 0 bridgehead atoms. The third kappa shape index (κ3) is 3.53. The molecule has 2 rings (SSSR count). The molecule has 2 amide bonds. The van der Waals surface area contributed by atoms with Crippen LogP contribution in [0, 0.1) is 6.92 Å². The summed E-state index contributed by atoms with van der Waals surface area (Å²) in [7, 11) is 0. The van der Waals surface area contributed by atoms with Crippen LogP contribution in [-0.2, 0) is 4.79 Å². The van der Waals surface area contributed by atoms with E-state index < -0.39 is 0 Å². The van der Waals surface area contributed by atoms with E-state index in [4.69, 9.17) is 0 Å². The molecule has 0 aliphatic carbocycles. The molecule has 1 fully saturated rings. The standard InChI is InChI=1S/C14H19N3O2/c1-10-5-3-6-12(15-10)14(19)16-11(2)9-17-8-4-7-13(17)18/h3,5-6,11H,4,7-9H2,1-2H3,(H,16,19)/t11-/m1/s1. The molecule has 0 spiro atoms. The number of amides is 2. The molecule has 1 aliphatic rings. The van der Waals surface area contributed by atoms with Crippen molar-refractivity contribution in [2.75, 3.05) is 13.1 Å². The largest absolute Gasteiger partial charge is 0.346 e. The van der Waals surface area contributed by atoms with Gasteiger partial charge in [0.15, 0.2) is 0 Å². The van der Waals surface area contributed by atoms with E-state index >= 15 is 0 Å². The fourth-order valence-electron chi connectivity index (χ4n) is 2.24. The fourth-order valence-corrected chi connectivity index (χ4v) is 2.24. The minimum Gasteiger partial charge on any atom is -0.346 e. The van der Waals surface area contributed by atoms with E-state index in [9.17, 15) is 9.59 Å². The number of aromatic nitrogens is 1. The summed E-state index contributed by atoms with van der Waals surface area (Å²) in [5.74, 6) is -0.0161. The fraction of sp³-hybridized carbons (Fsp3) is 0.500. The van der Waals surface area contributed by atoms with Gasteiger partial charge in [-0.1, -0.05) is 6.07 Å². The van der Waals surface area contributed by atoms with Crippen LogP contribution in [0.1, 0.15) is 35.9 Å². The van der Waals surface area contributed by atoms with Crippen molar-refractivity contribution in [3.8, 4) is 0 Å². The van der Waals surface area contributed by atoms with E-state index in [0.29, 0.717) is 18.7 Å². The molecular weight excluding hydrogens is 242 g/mol. The average molecular weight is 261 g/mol. The second-order valence-corrected chi connectivity index (χ2v) is 4.98. The van der Waals surface area contributed by atoms with Crippen molar-refractivity contribution in [1.29, 1.82) is 0 Å². The van der Waals surface area contributed by atoms with E-state index in [1.165, 1.54) is 0 Å². The smallest absolute Gasteiger partial charge is 0.270 e. The van der Waals surface area contributed by atoms with Crippen LogP contribution in [0.25, 0.3) is 0 Å². The lowest BCUT2D eigenvalue weighted by Gasteiger charge is -2.21. The van der Waals surface area contributed by atoms with Crippen molar-refractivity contribution in [2.45, 2.75) is 32.7 Å². The lowest BCUT2D eigenvalue weighted by molar-refractivity contribution is -0.127. The monoisotopic (exact) mass is 261 g/mol. The van der Waals surface area contributed by atoms with Gasteiger partial charge in [-0.15, -0.1) is 0 Å². The zero-order chi connectivity index (χ0) is 13.8. The summed E-state index contributed by atoms with van der Waals surface area (Å²) < 4.78 is 0. The molecule has 5 nitrogen and oxygen atoms in total. The van der Waals surface area contributed by atoms with Crippen molar-refractivity contribution >= 4 is 11.8 Å². The topological polar surface area (TPSA) is 62.3 Å². The first-order valence-corrected chi connectivity index (χ1v) is 6.58. The summed E-state index contributed by atoms with van der Waals surface area (Å²) in [5, 5.41) is 2.88. The van der Waals surface area contributed by atoms with Gasteiger partial charge in [0, 0.05) is 31.2 Å². The third-order valence-electron chi connectivity index (χ3n) is 3.16. The number of carbonyl (C=O) groups is 2. The predicted molar refractivity (Wildman–Crippen MR) is 71.7 cm³/mol. The van der Waals surface area contributed by atoms with Gasteiger partial charge in [-0.2, -0.15) is 0 Å². The Balaban J connectivity index is 1.89. The van der Waals surface area contributed by atoms with Gasteiger partial charge in [-0.25, -0.2) is 4.98 Å². The lowest BCUT2D eigenvalue weighted by atomic mass is 10.2. The molecule has 0 unspecified atom stereocenters. The van der Waals surface area contributed by atoms with Gasteiger partial charge in [-0.05, 0) is 32.4 Å². The minimum absolute atomic E-state index is 0.0723. The lowest BCUT2D eigenvalue weighted by Crippen LogP contribution is -2.42. The van der Waals surface area contributed by atoms with Gasteiger partial charge in [0.05, 0.1) is 0 Å². The first-order valence-electron chi connectivity index (χ1n) is 6.58. The van der Waals surface area contributed by atoms with Gasteiger partial charge < -0.3 is 10.2 Å². The number of pyridine rings is 1. The molecule has 1 aromatic heterocycles. The van der Waals surface area contributed by atoms with Gasteiger partial charge in [0.1, 0.15) is 5.69 Å². The molecular formula is C14H19N3O2. The van der Waals surface area contributed by atoms with Gasteiger partial charge in [-0.3, -0.25) is 9.59 Å². The summed E-state index contributed by atoms with van der Waals surface area (Å²) >= 11 is 0. The second kappa shape index (κ2) is 5.82. The molecule has 1 atom stereocenters. The maximum absolute atomic E-state index is 12.0. The van der Waals surface area contributed by atoms with Crippen LogP contribution in [0.4, 0.5) is 0 Å². The minimum atomic E-state index is -0.192. The Labute approximate surface area is 113 Å². The molecule has 19 heavy (non-hydrogen) atoms. The van der Waals surface area contributed by atoms with Crippen molar-refractivity contribution in [1.82, 2.24) is 15.2 Å². The predicted octanol–water partition coefficient (Wildman–Crippen LogP) is 1.13. The number of nitrogens with zero attached hydrogens (tertiary/aromatic N) is 2. The maximum atomic E-state index is 12.0. The van der Waals surface area contributed by atoms with Crippen LogP contribution >= 0.6 is 0 Å². The van der Waals surface area contributed by atoms with Crippen molar-refractivity contribution in [2.24, 2.45) is 0 Å². The number of aryl methyl sites for hydroxylation is 1. The Morgan fingerprint density at radius 3 is 2.95 bits per heavy atom. The summed E-state index contributed by atoms with van der Waals surface area (Å²) in [4.78, 5) is 29.5. The van der Waals surface area contributed by atoms with E-state index in [-0.39, 0.29) is 17.9 Å². The number of nitrogens with one attached hydrogen (secondary N) is 1. The molecule has 0 aromatic carbocycles. The highest BCUT2D eigenvalue weighted by Gasteiger charge is 2.22. The third-order valence-corrected chi connectivity index (χ3v) is 3.16. The number of carbonyl (C=O) groups excluding carboxylic acids is 2. The summed E-state index contributed by atoms with van der Waals surface area (Å²) in [6, 6.07) is 5.28. The highest BCUT2D eigenvalue weighted by molar-refractivity contribution is 5.92. The molecule has 102 valence electrons. The SMILES string of the molecule is Cc1cccc(C(=O)N[C@H](C)CN2CCCC2=O)n1. The van der Waals surface area contributed by atoms with Crippen LogP contribution in [0.5, 0.6) is 0 Å². The molecule has 2 heterocycles. The Morgan fingerprint density at radius 2 is 2.32 bits per heavy atom. The number of likely N-dealkylation sites (tertiary alicyclic amines) is 1. The zero-order valence-electron chi connectivity index (χ0n) is 11.3. The van der Waals surface area contributed by atoms with Crippen LogP contribution in [0.15, 0.2) is 18.2 Å². The number of rotatable bonds is 4. The molecule has 0 saturated carbocycles. The van der Waals surface area contributed by atoms with Crippen molar-refractivity contribution < 1.29 is 9.59 Å². The normalized spacial score (nSPS) is 16.5. The van der Waals surface area contributed by atoms with Crippen molar-refractivity contribution in [3.05, 3.63) is 29.6 Å². The first-order chi connectivity index (χ1) is 9.06. The maximum Gasteiger partial charge on any atom is 0.270 e. The number of hydrogen-bond donors (Lipinski definition) is 1. The average Bonchev–Trinajstić information content (AvgIpc) is 2.75. The van der Waals surface area contributed by atoms with Gasteiger partial charge in [0.25, 0.3) is 5.91 Å². The first kappa shape index (κ1) is 13.5. The van der Waals surface area contributed by atoms with Crippen LogP contribution in [0.2, 0.25) is 0 Å². The summed E-state index contributed by atoms with van der Waals surface area (Å²) in [5.41, 5.74) is 1.23. The van der Waals surface area contributed by atoms with Crippen LogP contribution in [-0.4, -0.2) is 40.8 Å². The Morgan fingerprint density at radius 1 is 1.53 bits per heavy atom. The van der Waals surface area contributed by atoms with E-state index in [1.807, 2.05) is 26.0 Å². The Bertz CT molecular complexity index is 487. The van der Waals surface area contributed by atoms with Crippen molar-refractivity contribution in [3.63, 3.8) is 0 Å². The highest BCUT2D eigenvalue weighted by Crippen LogP contribution is 2.10. The Kier molecular flexibility index (Phi) is 4.14. The van der Waals surface area contributed by atoms with Gasteiger partial charge >= 0.3 is 0 Å². The molecule has 1 aromatic rings. The van der Waals surface area contributed by atoms with E-state index in [1.54, 1.807) is 11.0 Å². The Hall–Kier alpha value is -1.91. The molecule has 1 saturated heterocycles. The second-order valence-electron chi connectivity index (χ2n) is 4.98. The zero-order valence-corrected chi connectivity index (χ0v) is 11.3. The molecule has 1 aliphatic heterocycles. The van der Waals surface area contributed by atoms with Gasteiger partial charge in [0.2, 0.25) is 5.91 Å². The van der Waals surface area contributed by atoms with Crippen LogP contribution in [0.3, 0.4) is 0 Å². The summed E-state index contributed by atoms with van der Waals surface area (Å²) in [6.45, 7) is 5.11.